The number of H-pyrrole nitrogens is 1. The molecule has 0 aliphatic carbocycles. The zero-order valence-corrected chi connectivity index (χ0v) is 8.82. The fourth-order valence-electron chi connectivity index (χ4n) is 0.614. The molecule has 0 aliphatic heterocycles. The van der Waals surface area contributed by atoms with E-state index in [1.165, 1.54) is 17.3 Å². The molecule has 0 amide bonds. The Hall–Kier alpha value is -0.131. The number of nitrogens with one attached hydrogen (secondary N) is 1. The molecule has 5 heteroatoms. The summed E-state index contributed by atoms with van der Waals surface area (Å²) in [5.74, 6) is 0. The third kappa shape index (κ3) is 2.64. The average Bonchev–Trinajstić information content (AvgIpc) is 2.41. The van der Waals surface area contributed by atoms with Gasteiger partial charge >= 0.3 is 69.8 Å². The van der Waals surface area contributed by atoms with E-state index in [1.807, 2.05) is 0 Å². The van der Waals surface area contributed by atoms with Gasteiger partial charge in [-0.15, -0.1) is 0 Å². The standard InChI is InChI=1S/C4H9.CHN4.Sn/c1-3-4-2;1-2-4-5-3-1;/h1,3-4H2,2H3;(H,2,3,4,5);. The Morgan fingerprint density at radius 3 is 3.10 bits per heavy atom. The van der Waals surface area contributed by atoms with Gasteiger partial charge in [-0.25, -0.2) is 0 Å². The molecule has 0 unspecified atom stereocenters. The zero-order valence-electron chi connectivity index (χ0n) is 5.96. The van der Waals surface area contributed by atoms with Crippen LogP contribution in [0.5, 0.6) is 0 Å². The molecule has 1 heterocycles. The van der Waals surface area contributed by atoms with E-state index in [9.17, 15) is 0 Å². The number of hydrogen-bond acceptors (Lipinski definition) is 3. The van der Waals surface area contributed by atoms with Crippen LogP contribution >= 0.6 is 0 Å². The Balaban J connectivity index is 2.15. The van der Waals surface area contributed by atoms with Crippen molar-refractivity contribution in [3.8, 4) is 0 Å². The quantitative estimate of drug-likeness (QED) is 0.587. The Kier molecular flexibility index (Phi) is 3.70. The Morgan fingerprint density at radius 2 is 2.50 bits per heavy atom. The fraction of sp³-hybridized carbons (Fsp3) is 0.800. The van der Waals surface area contributed by atoms with Crippen LogP contribution in [0.25, 0.3) is 0 Å². The van der Waals surface area contributed by atoms with Crippen LogP contribution in [0.1, 0.15) is 19.8 Å². The van der Waals surface area contributed by atoms with Crippen LogP contribution in [0.4, 0.5) is 0 Å². The molecule has 0 aromatic carbocycles. The normalized spacial score (nSPS) is 10.1. The molecule has 1 aromatic heterocycles. The summed E-state index contributed by atoms with van der Waals surface area (Å²) < 4.78 is 2.33. The summed E-state index contributed by atoms with van der Waals surface area (Å²) in [5, 5.41) is 13.8. The first-order chi connectivity index (χ1) is 4.93. The predicted octanol–water partition coefficient (Wildman–Crippen LogP) is -0.252. The maximum atomic E-state index is 3.92. The Bertz CT molecular complexity index is 162. The van der Waals surface area contributed by atoms with Crippen LogP contribution in [0, 0.1) is 0 Å². The van der Waals surface area contributed by atoms with Crippen molar-refractivity contribution in [1.82, 2.24) is 20.6 Å². The van der Waals surface area contributed by atoms with Crippen LogP contribution < -0.4 is 3.84 Å². The summed E-state index contributed by atoms with van der Waals surface area (Å²) in [7, 11) is 0. The topological polar surface area (TPSA) is 54.5 Å². The van der Waals surface area contributed by atoms with Crippen molar-refractivity contribution in [3.05, 3.63) is 0 Å². The number of aromatic nitrogens is 4. The molecule has 0 saturated heterocycles. The van der Waals surface area contributed by atoms with Gasteiger partial charge in [-0.05, 0) is 0 Å². The van der Waals surface area contributed by atoms with Crippen molar-refractivity contribution in [2.24, 2.45) is 0 Å². The minimum atomic E-state index is -0.453. The van der Waals surface area contributed by atoms with Gasteiger partial charge in [0.15, 0.2) is 0 Å². The van der Waals surface area contributed by atoms with Gasteiger partial charge in [0.2, 0.25) is 0 Å². The predicted molar refractivity (Wildman–Crippen MR) is 39.3 cm³/mol. The van der Waals surface area contributed by atoms with Crippen LogP contribution in [-0.2, 0) is 0 Å². The van der Waals surface area contributed by atoms with E-state index in [4.69, 9.17) is 0 Å². The molecule has 0 atom stereocenters. The van der Waals surface area contributed by atoms with Crippen molar-refractivity contribution in [2.45, 2.75) is 24.2 Å². The minimum absolute atomic E-state index is 0.453. The number of aromatic amines is 1. The van der Waals surface area contributed by atoms with Crippen LogP contribution in [0.3, 0.4) is 0 Å². The van der Waals surface area contributed by atoms with Gasteiger partial charge in [0.1, 0.15) is 0 Å². The second kappa shape index (κ2) is 4.65. The van der Waals surface area contributed by atoms with Gasteiger partial charge in [0.25, 0.3) is 0 Å². The number of unbranched alkanes of at least 4 members (excludes halogenated alkanes) is 1. The van der Waals surface area contributed by atoms with Crippen molar-refractivity contribution in [3.63, 3.8) is 0 Å². The molecule has 0 aliphatic rings. The zero-order chi connectivity index (χ0) is 7.23. The van der Waals surface area contributed by atoms with Gasteiger partial charge < -0.3 is 0 Å². The molecule has 0 saturated carbocycles. The van der Waals surface area contributed by atoms with E-state index in [-0.39, 0.29) is 0 Å². The van der Waals surface area contributed by atoms with Crippen molar-refractivity contribution < 1.29 is 0 Å². The molecule has 1 rings (SSSR count). The summed E-state index contributed by atoms with van der Waals surface area (Å²) in [6.07, 6.45) is 2.60. The molecule has 54 valence electrons. The first-order valence-corrected chi connectivity index (χ1v) is 6.85. The third-order valence-corrected chi connectivity index (χ3v) is 4.39. The SMILES string of the molecule is CCC[CH2][Sn][c]1nn[nH]n1. The van der Waals surface area contributed by atoms with Crippen LogP contribution in [0.2, 0.25) is 4.44 Å². The first-order valence-electron chi connectivity index (χ1n) is 3.41. The summed E-state index contributed by atoms with van der Waals surface area (Å²) in [6.45, 7) is 2.20. The number of hydrogen-bond donors (Lipinski definition) is 1. The van der Waals surface area contributed by atoms with Crippen molar-refractivity contribution in [1.29, 1.82) is 0 Å². The number of nitrogens with zero attached hydrogens (tertiary/aromatic N) is 3. The van der Waals surface area contributed by atoms with E-state index in [0.717, 1.165) is 3.84 Å². The second-order valence-electron chi connectivity index (χ2n) is 2.02. The Labute approximate surface area is 70.0 Å². The molecule has 10 heavy (non-hydrogen) atoms. The third-order valence-electron chi connectivity index (χ3n) is 1.16. The molecule has 4 nitrogen and oxygen atoms in total. The number of tetrazole rings is 1. The average molecular weight is 245 g/mol. The van der Waals surface area contributed by atoms with Gasteiger partial charge in [-0.2, -0.15) is 0 Å². The van der Waals surface area contributed by atoms with Gasteiger partial charge in [-0.1, -0.05) is 0 Å². The summed E-state index contributed by atoms with van der Waals surface area (Å²) in [6, 6.07) is 0. The molecular formula is C5H10N4Sn. The maximum absolute atomic E-state index is 3.92. The molecule has 0 bridgehead atoms. The monoisotopic (exact) mass is 246 g/mol. The summed E-state index contributed by atoms with van der Waals surface area (Å²) >= 11 is -0.453. The molecule has 0 spiro atoms. The first kappa shape index (κ1) is 7.97. The molecule has 1 aromatic rings. The van der Waals surface area contributed by atoms with Crippen LogP contribution in [-0.4, -0.2) is 41.8 Å². The molecular weight excluding hydrogens is 235 g/mol. The Morgan fingerprint density at radius 1 is 1.60 bits per heavy atom. The van der Waals surface area contributed by atoms with Gasteiger partial charge in [0.05, 0.1) is 0 Å². The van der Waals surface area contributed by atoms with Crippen molar-refractivity contribution in [2.75, 3.05) is 0 Å². The number of rotatable bonds is 4. The van der Waals surface area contributed by atoms with E-state index in [1.54, 1.807) is 0 Å². The fourth-order valence-corrected chi connectivity index (χ4v) is 3.48. The summed E-state index contributed by atoms with van der Waals surface area (Å²) in [4.78, 5) is 0. The van der Waals surface area contributed by atoms with Gasteiger partial charge in [-0.3, -0.25) is 0 Å². The van der Waals surface area contributed by atoms with E-state index in [0.29, 0.717) is 0 Å². The van der Waals surface area contributed by atoms with Gasteiger partial charge in [0, 0.05) is 0 Å². The van der Waals surface area contributed by atoms with E-state index >= 15 is 0 Å². The molecule has 2 radical (unpaired) electrons. The van der Waals surface area contributed by atoms with E-state index in [2.05, 4.69) is 27.5 Å². The second-order valence-corrected chi connectivity index (χ2v) is 5.73. The summed E-state index contributed by atoms with van der Waals surface area (Å²) in [5.41, 5.74) is 0. The van der Waals surface area contributed by atoms with Crippen molar-refractivity contribution >= 4 is 25.0 Å². The molecule has 0 fully saturated rings. The van der Waals surface area contributed by atoms with E-state index < -0.39 is 21.1 Å². The molecule has 1 N–H and O–H groups in total. The van der Waals surface area contributed by atoms with Crippen LogP contribution in [0.15, 0.2) is 0 Å².